The highest BCUT2D eigenvalue weighted by molar-refractivity contribution is 9.10. The molecule has 0 saturated heterocycles. The second-order valence-corrected chi connectivity index (χ2v) is 8.38. The molecule has 2 aromatic carbocycles. The fourth-order valence-electron chi connectivity index (χ4n) is 3.77. The summed E-state index contributed by atoms with van der Waals surface area (Å²) in [5.74, 6) is 0.0322. The van der Waals surface area contributed by atoms with E-state index in [1.165, 1.54) is 22.5 Å². The van der Waals surface area contributed by atoms with Crippen molar-refractivity contribution in [2.45, 2.75) is 19.3 Å². The van der Waals surface area contributed by atoms with Crippen LogP contribution in [0.3, 0.4) is 0 Å². The molecule has 1 aliphatic rings. The van der Waals surface area contributed by atoms with Crippen LogP contribution in [-0.2, 0) is 11.2 Å². The Labute approximate surface area is 159 Å². The highest BCUT2D eigenvalue weighted by Gasteiger charge is 2.48. The molecule has 25 heavy (non-hydrogen) atoms. The number of amides is 1. The molecule has 1 heterocycles. The van der Waals surface area contributed by atoms with Crippen molar-refractivity contribution >= 4 is 38.3 Å². The van der Waals surface area contributed by atoms with Gasteiger partial charge in [0.05, 0.1) is 5.41 Å². The van der Waals surface area contributed by atoms with E-state index in [1.54, 1.807) is 6.20 Å². The Morgan fingerprint density at radius 1 is 1.28 bits per heavy atom. The fourth-order valence-corrected chi connectivity index (χ4v) is 4.67. The van der Waals surface area contributed by atoms with Crippen LogP contribution in [0.4, 0.5) is 5.13 Å². The van der Waals surface area contributed by atoms with Gasteiger partial charge in [-0.2, -0.15) is 0 Å². The van der Waals surface area contributed by atoms with Crippen LogP contribution < -0.4 is 5.32 Å². The lowest BCUT2D eigenvalue weighted by molar-refractivity contribution is -0.125. The van der Waals surface area contributed by atoms with Crippen LogP contribution in [0.1, 0.15) is 29.5 Å². The van der Waals surface area contributed by atoms with Crippen LogP contribution >= 0.6 is 27.3 Å². The number of halogens is 1. The topological polar surface area (TPSA) is 42.0 Å². The SMILES string of the molecule is C[C@]1(C(=O)Nc2nccs2)Cc2ccc(Br)cc2[C@H]1c1ccccc1. The molecule has 2 atom stereocenters. The molecule has 3 nitrogen and oxygen atoms in total. The summed E-state index contributed by atoms with van der Waals surface area (Å²) in [7, 11) is 0. The molecule has 5 heteroatoms. The van der Waals surface area contributed by atoms with Crippen molar-refractivity contribution in [2.75, 3.05) is 5.32 Å². The molecule has 126 valence electrons. The zero-order chi connectivity index (χ0) is 17.4. The number of nitrogens with zero attached hydrogens (tertiary/aromatic N) is 1. The Bertz CT molecular complexity index is 911. The van der Waals surface area contributed by atoms with Crippen LogP contribution in [0, 0.1) is 5.41 Å². The number of benzene rings is 2. The van der Waals surface area contributed by atoms with Gasteiger partial charge in [-0.3, -0.25) is 4.79 Å². The molecule has 1 aromatic heterocycles. The van der Waals surface area contributed by atoms with E-state index in [9.17, 15) is 4.79 Å². The molecule has 1 aliphatic carbocycles. The van der Waals surface area contributed by atoms with Crippen LogP contribution in [0.25, 0.3) is 0 Å². The number of thiazole rings is 1. The summed E-state index contributed by atoms with van der Waals surface area (Å²) in [4.78, 5) is 17.4. The van der Waals surface area contributed by atoms with Crippen LogP contribution in [0.2, 0.25) is 0 Å². The van der Waals surface area contributed by atoms with Gasteiger partial charge in [0, 0.05) is 22.0 Å². The molecule has 1 amide bonds. The third-order valence-corrected chi connectivity index (χ3v) is 6.10. The highest BCUT2D eigenvalue weighted by atomic mass is 79.9. The molecule has 0 unspecified atom stereocenters. The smallest absolute Gasteiger partial charge is 0.233 e. The van der Waals surface area contributed by atoms with E-state index < -0.39 is 5.41 Å². The molecule has 0 radical (unpaired) electrons. The Balaban J connectivity index is 1.79. The van der Waals surface area contributed by atoms with E-state index in [0.717, 1.165) is 10.0 Å². The number of carbonyl (C=O) groups is 1. The van der Waals surface area contributed by atoms with Gasteiger partial charge in [0.15, 0.2) is 5.13 Å². The second-order valence-electron chi connectivity index (χ2n) is 6.57. The van der Waals surface area contributed by atoms with Gasteiger partial charge in [0.2, 0.25) is 5.91 Å². The second kappa shape index (κ2) is 6.39. The van der Waals surface area contributed by atoms with Crippen molar-refractivity contribution < 1.29 is 4.79 Å². The minimum Gasteiger partial charge on any atom is -0.301 e. The first-order valence-corrected chi connectivity index (χ1v) is 9.79. The normalized spacial score (nSPS) is 21.8. The first-order chi connectivity index (χ1) is 12.1. The van der Waals surface area contributed by atoms with Gasteiger partial charge in [0.1, 0.15) is 0 Å². The quantitative estimate of drug-likeness (QED) is 0.638. The van der Waals surface area contributed by atoms with E-state index in [2.05, 4.69) is 57.4 Å². The first-order valence-electron chi connectivity index (χ1n) is 8.12. The van der Waals surface area contributed by atoms with Crippen molar-refractivity contribution in [2.24, 2.45) is 5.41 Å². The lowest BCUT2D eigenvalue weighted by Gasteiger charge is -2.31. The molecule has 4 rings (SSSR count). The number of fused-ring (bicyclic) bond motifs is 1. The van der Waals surface area contributed by atoms with Gasteiger partial charge in [-0.15, -0.1) is 11.3 Å². The van der Waals surface area contributed by atoms with Crippen molar-refractivity contribution in [3.63, 3.8) is 0 Å². The number of anilines is 1. The number of hydrogen-bond donors (Lipinski definition) is 1. The Morgan fingerprint density at radius 2 is 2.08 bits per heavy atom. The zero-order valence-corrected chi connectivity index (χ0v) is 16.1. The summed E-state index contributed by atoms with van der Waals surface area (Å²) in [6.45, 7) is 2.06. The van der Waals surface area contributed by atoms with E-state index in [-0.39, 0.29) is 11.8 Å². The molecular formula is C20H17BrN2OS. The maximum absolute atomic E-state index is 13.2. The zero-order valence-electron chi connectivity index (χ0n) is 13.7. The van der Waals surface area contributed by atoms with E-state index >= 15 is 0 Å². The number of rotatable bonds is 3. The minimum atomic E-state index is -0.559. The lowest BCUT2D eigenvalue weighted by atomic mass is 9.73. The molecule has 0 saturated carbocycles. The largest absolute Gasteiger partial charge is 0.301 e. The van der Waals surface area contributed by atoms with Crippen LogP contribution in [0.15, 0.2) is 64.6 Å². The summed E-state index contributed by atoms with van der Waals surface area (Å²) >= 11 is 5.02. The van der Waals surface area contributed by atoms with Gasteiger partial charge < -0.3 is 5.32 Å². The van der Waals surface area contributed by atoms with Crippen molar-refractivity contribution in [3.8, 4) is 0 Å². The molecule has 0 bridgehead atoms. The van der Waals surface area contributed by atoms with E-state index in [1.807, 2.05) is 29.6 Å². The van der Waals surface area contributed by atoms with Crippen LogP contribution in [0.5, 0.6) is 0 Å². The molecule has 0 fully saturated rings. The predicted molar refractivity (Wildman–Crippen MR) is 105 cm³/mol. The van der Waals surface area contributed by atoms with Gasteiger partial charge in [-0.1, -0.05) is 52.3 Å². The number of carbonyl (C=O) groups excluding carboxylic acids is 1. The Morgan fingerprint density at radius 3 is 2.80 bits per heavy atom. The average molecular weight is 413 g/mol. The summed E-state index contributed by atoms with van der Waals surface area (Å²) in [5.41, 5.74) is 3.05. The lowest BCUT2D eigenvalue weighted by Crippen LogP contribution is -2.37. The fraction of sp³-hybridized carbons (Fsp3) is 0.200. The van der Waals surface area contributed by atoms with E-state index in [0.29, 0.717) is 11.6 Å². The summed E-state index contributed by atoms with van der Waals surface area (Å²) < 4.78 is 1.04. The predicted octanol–water partition coefficient (Wildman–Crippen LogP) is 5.24. The van der Waals surface area contributed by atoms with Gasteiger partial charge in [0.25, 0.3) is 0 Å². The van der Waals surface area contributed by atoms with Crippen molar-refractivity contribution in [1.29, 1.82) is 0 Å². The van der Waals surface area contributed by atoms with Crippen molar-refractivity contribution in [3.05, 3.63) is 81.3 Å². The molecule has 1 N–H and O–H groups in total. The van der Waals surface area contributed by atoms with E-state index in [4.69, 9.17) is 0 Å². The standard InChI is InChI=1S/C20H17BrN2OS/c1-20(18(24)23-19-22-9-10-25-19)12-14-7-8-15(21)11-16(14)17(20)13-5-3-2-4-6-13/h2-11,17H,12H2,1H3,(H,22,23,24)/t17-,20+/m1/s1. The monoisotopic (exact) mass is 412 g/mol. The minimum absolute atomic E-state index is 0.0150. The summed E-state index contributed by atoms with van der Waals surface area (Å²) in [6.07, 6.45) is 2.42. The Kier molecular flexibility index (Phi) is 4.21. The third-order valence-electron chi connectivity index (χ3n) is 4.92. The summed E-state index contributed by atoms with van der Waals surface area (Å²) in [6, 6.07) is 16.6. The first kappa shape index (κ1) is 16.5. The Hall–Kier alpha value is -1.98. The highest BCUT2D eigenvalue weighted by Crippen LogP contribution is 2.51. The average Bonchev–Trinajstić information content (AvgIpc) is 3.21. The molecule has 0 aliphatic heterocycles. The molecule has 0 spiro atoms. The third kappa shape index (κ3) is 2.92. The number of aromatic nitrogens is 1. The molecule has 3 aromatic rings. The number of nitrogens with one attached hydrogen (secondary N) is 1. The van der Waals surface area contributed by atoms with Crippen LogP contribution in [-0.4, -0.2) is 10.9 Å². The summed E-state index contributed by atoms with van der Waals surface area (Å²) in [5, 5.41) is 5.53. The van der Waals surface area contributed by atoms with Crippen molar-refractivity contribution in [1.82, 2.24) is 4.98 Å². The number of hydrogen-bond acceptors (Lipinski definition) is 3. The maximum Gasteiger partial charge on any atom is 0.233 e. The van der Waals surface area contributed by atoms with Gasteiger partial charge in [-0.05, 0) is 42.2 Å². The van der Waals surface area contributed by atoms with Gasteiger partial charge in [-0.25, -0.2) is 4.98 Å². The molecular weight excluding hydrogens is 396 g/mol. The van der Waals surface area contributed by atoms with Gasteiger partial charge >= 0.3 is 0 Å². The maximum atomic E-state index is 13.2.